The van der Waals surface area contributed by atoms with E-state index in [9.17, 15) is 9.59 Å². The molecule has 1 aromatic carbocycles. The largest absolute Gasteiger partial charge is 0.481 e. The zero-order valence-corrected chi connectivity index (χ0v) is 11.2. The first-order valence-corrected chi connectivity index (χ1v) is 6.72. The molecule has 108 valence electrons. The van der Waals surface area contributed by atoms with Crippen LogP contribution in [0.4, 0.5) is 16.2 Å². The Bertz CT molecular complexity index is 504. The molecule has 0 radical (unpaired) electrons. The normalized spacial score (nSPS) is 18.6. The lowest BCUT2D eigenvalue weighted by molar-refractivity contribution is -0.138. The summed E-state index contributed by atoms with van der Waals surface area (Å²) in [6, 6.07) is 6.49. The number of carboxylic acids is 1. The van der Waals surface area contributed by atoms with Crippen LogP contribution in [0.25, 0.3) is 0 Å². The fourth-order valence-electron chi connectivity index (χ4n) is 2.48. The van der Waals surface area contributed by atoms with E-state index in [1.807, 2.05) is 0 Å². The Morgan fingerprint density at radius 2 is 2.10 bits per heavy atom. The molecular weight excluding hydrogens is 258 g/mol. The number of para-hydroxylation sites is 2. The van der Waals surface area contributed by atoms with Crippen LogP contribution in [0.2, 0.25) is 0 Å². The predicted molar refractivity (Wildman–Crippen MR) is 76.5 cm³/mol. The lowest BCUT2D eigenvalue weighted by Gasteiger charge is -2.35. The second-order valence-corrected chi connectivity index (χ2v) is 4.96. The van der Waals surface area contributed by atoms with E-state index in [1.165, 1.54) is 0 Å². The van der Waals surface area contributed by atoms with Gasteiger partial charge in [-0.2, -0.15) is 0 Å². The topological polar surface area (TPSA) is 95.7 Å². The van der Waals surface area contributed by atoms with Crippen LogP contribution in [0, 0.1) is 0 Å². The molecule has 1 saturated heterocycles. The number of nitrogen functional groups attached to an aromatic ring is 1. The van der Waals surface area contributed by atoms with Gasteiger partial charge in [-0.05, 0) is 31.4 Å². The van der Waals surface area contributed by atoms with Crippen LogP contribution in [0.1, 0.15) is 25.7 Å². The number of benzene rings is 1. The highest BCUT2D eigenvalue weighted by molar-refractivity contribution is 5.93. The number of carbonyl (C=O) groups is 2. The molecule has 20 heavy (non-hydrogen) atoms. The third-order valence-electron chi connectivity index (χ3n) is 3.50. The van der Waals surface area contributed by atoms with Gasteiger partial charge >= 0.3 is 12.0 Å². The van der Waals surface area contributed by atoms with Gasteiger partial charge in [0.1, 0.15) is 0 Å². The van der Waals surface area contributed by atoms with E-state index >= 15 is 0 Å². The number of likely N-dealkylation sites (tertiary alicyclic amines) is 1. The van der Waals surface area contributed by atoms with Crippen LogP contribution in [0.15, 0.2) is 24.3 Å². The zero-order valence-electron chi connectivity index (χ0n) is 11.2. The molecule has 4 N–H and O–H groups in total. The summed E-state index contributed by atoms with van der Waals surface area (Å²) in [4.78, 5) is 24.7. The number of carbonyl (C=O) groups excluding carboxylic acids is 1. The average Bonchev–Trinajstić information content (AvgIpc) is 2.41. The second-order valence-electron chi connectivity index (χ2n) is 4.96. The van der Waals surface area contributed by atoms with Crippen molar-refractivity contribution in [1.29, 1.82) is 0 Å². The molecule has 2 rings (SSSR count). The van der Waals surface area contributed by atoms with Crippen LogP contribution in [-0.4, -0.2) is 34.6 Å². The van der Waals surface area contributed by atoms with Gasteiger partial charge in [0.2, 0.25) is 0 Å². The first-order chi connectivity index (χ1) is 9.58. The molecule has 0 bridgehead atoms. The number of hydrogen-bond donors (Lipinski definition) is 3. The summed E-state index contributed by atoms with van der Waals surface area (Å²) in [6.45, 7) is 0.580. The fourth-order valence-corrected chi connectivity index (χ4v) is 2.48. The molecule has 1 aliphatic heterocycles. The molecule has 1 unspecified atom stereocenters. The highest BCUT2D eigenvalue weighted by Gasteiger charge is 2.28. The van der Waals surface area contributed by atoms with Crippen molar-refractivity contribution in [2.45, 2.75) is 31.7 Å². The number of nitrogens with two attached hydrogens (primary N) is 1. The minimum atomic E-state index is -0.881. The highest BCUT2D eigenvalue weighted by Crippen LogP contribution is 2.22. The Labute approximate surface area is 117 Å². The van der Waals surface area contributed by atoms with E-state index in [4.69, 9.17) is 10.8 Å². The van der Waals surface area contributed by atoms with Crippen LogP contribution in [-0.2, 0) is 4.79 Å². The molecule has 0 spiro atoms. The maximum absolute atomic E-state index is 12.3. The molecule has 1 fully saturated rings. The molecule has 0 saturated carbocycles. The molecule has 2 amide bonds. The van der Waals surface area contributed by atoms with E-state index in [1.54, 1.807) is 29.2 Å². The van der Waals surface area contributed by atoms with Crippen molar-refractivity contribution in [2.24, 2.45) is 0 Å². The number of amides is 2. The Morgan fingerprint density at radius 3 is 2.80 bits per heavy atom. The van der Waals surface area contributed by atoms with Gasteiger partial charge in [0.05, 0.1) is 17.8 Å². The van der Waals surface area contributed by atoms with Crippen molar-refractivity contribution < 1.29 is 14.7 Å². The van der Waals surface area contributed by atoms with E-state index < -0.39 is 5.97 Å². The summed E-state index contributed by atoms with van der Waals surface area (Å²) in [5.41, 5.74) is 6.83. The van der Waals surface area contributed by atoms with Crippen molar-refractivity contribution >= 4 is 23.4 Å². The van der Waals surface area contributed by atoms with Gasteiger partial charge in [-0.15, -0.1) is 0 Å². The molecule has 0 aliphatic carbocycles. The quantitative estimate of drug-likeness (QED) is 0.737. The number of nitrogens with zero attached hydrogens (tertiary/aromatic N) is 1. The van der Waals surface area contributed by atoms with Crippen LogP contribution < -0.4 is 11.1 Å². The van der Waals surface area contributed by atoms with E-state index in [0.29, 0.717) is 17.9 Å². The van der Waals surface area contributed by atoms with E-state index in [2.05, 4.69) is 5.32 Å². The maximum atomic E-state index is 12.3. The van der Waals surface area contributed by atoms with Gasteiger partial charge < -0.3 is 21.1 Å². The molecule has 1 aromatic rings. The molecule has 6 heteroatoms. The standard InChI is InChI=1S/C14H19N3O3/c15-11-6-1-2-7-12(11)16-14(20)17-8-4-3-5-10(17)9-13(18)19/h1-2,6-7,10H,3-5,8-9,15H2,(H,16,20)(H,18,19). The van der Waals surface area contributed by atoms with Crippen LogP contribution in [0.3, 0.4) is 0 Å². The monoisotopic (exact) mass is 277 g/mol. The number of rotatable bonds is 3. The zero-order chi connectivity index (χ0) is 14.5. The second kappa shape index (κ2) is 6.27. The molecule has 1 heterocycles. The first kappa shape index (κ1) is 14.2. The summed E-state index contributed by atoms with van der Waals surface area (Å²) in [7, 11) is 0. The van der Waals surface area contributed by atoms with Crippen LogP contribution in [0.5, 0.6) is 0 Å². The summed E-state index contributed by atoms with van der Waals surface area (Å²) < 4.78 is 0. The Kier molecular flexibility index (Phi) is 4.45. The molecule has 1 atom stereocenters. The first-order valence-electron chi connectivity index (χ1n) is 6.72. The average molecular weight is 277 g/mol. The summed E-state index contributed by atoms with van der Waals surface area (Å²) >= 11 is 0. The van der Waals surface area contributed by atoms with Gasteiger partial charge in [-0.1, -0.05) is 12.1 Å². The number of hydrogen-bond acceptors (Lipinski definition) is 3. The Morgan fingerprint density at radius 1 is 1.35 bits per heavy atom. The lowest BCUT2D eigenvalue weighted by atomic mass is 10.00. The SMILES string of the molecule is Nc1ccccc1NC(=O)N1CCCCC1CC(=O)O. The Hall–Kier alpha value is -2.24. The van der Waals surface area contributed by atoms with Crippen molar-refractivity contribution in [3.05, 3.63) is 24.3 Å². The third-order valence-corrected chi connectivity index (χ3v) is 3.50. The number of piperidine rings is 1. The predicted octanol–water partition coefficient (Wildman–Crippen LogP) is 2.13. The number of aliphatic carboxylic acids is 1. The van der Waals surface area contributed by atoms with Gasteiger partial charge in [0, 0.05) is 12.6 Å². The van der Waals surface area contributed by atoms with Crippen molar-refractivity contribution in [3.63, 3.8) is 0 Å². The molecule has 6 nitrogen and oxygen atoms in total. The number of urea groups is 1. The minimum Gasteiger partial charge on any atom is -0.481 e. The van der Waals surface area contributed by atoms with Gasteiger partial charge in [-0.25, -0.2) is 4.79 Å². The van der Waals surface area contributed by atoms with Gasteiger partial charge in [0.25, 0.3) is 0 Å². The fraction of sp³-hybridized carbons (Fsp3) is 0.429. The van der Waals surface area contributed by atoms with Crippen molar-refractivity contribution in [3.8, 4) is 0 Å². The van der Waals surface area contributed by atoms with Crippen molar-refractivity contribution in [1.82, 2.24) is 4.90 Å². The molecule has 0 aromatic heterocycles. The van der Waals surface area contributed by atoms with Gasteiger partial charge in [0.15, 0.2) is 0 Å². The molecule has 1 aliphatic rings. The number of anilines is 2. The summed E-state index contributed by atoms with van der Waals surface area (Å²) in [6.07, 6.45) is 2.56. The Balaban J connectivity index is 2.06. The summed E-state index contributed by atoms with van der Waals surface area (Å²) in [5, 5.41) is 11.7. The number of nitrogens with one attached hydrogen (secondary N) is 1. The number of carboxylic acid groups (broad SMARTS) is 1. The van der Waals surface area contributed by atoms with Crippen LogP contribution >= 0.6 is 0 Å². The van der Waals surface area contributed by atoms with Crippen molar-refractivity contribution in [2.75, 3.05) is 17.6 Å². The van der Waals surface area contributed by atoms with E-state index in [0.717, 1.165) is 19.3 Å². The van der Waals surface area contributed by atoms with Gasteiger partial charge in [-0.3, -0.25) is 4.79 Å². The van der Waals surface area contributed by atoms with E-state index in [-0.39, 0.29) is 18.5 Å². The highest BCUT2D eigenvalue weighted by atomic mass is 16.4. The lowest BCUT2D eigenvalue weighted by Crippen LogP contribution is -2.46. The third kappa shape index (κ3) is 3.40. The maximum Gasteiger partial charge on any atom is 0.322 e. The summed E-state index contributed by atoms with van der Waals surface area (Å²) in [5.74, 6) is -0.881. The molecular formula is C14H19N3O3. The minimum absolute atomic E-state index is 0.0162. The smallest absolute Gasteiger partial charge is 0.322 e.